The minimum atomic E-state index is -0.605. The number of carbonyl (C=O) groups excluding carboxylic acids is 2. The molecule has 3 rings (SSSR count). The van der Waals surface area contributed by atoms with E-state index in [1.807, 2.05) is 24.3 Å². The predicted octanol–water partition coefficient (Wildman–Crippen LogP) is 6.21. The van der Waals surface area contributed by atoms with Gasteiger partial charge in [-0.2, -0.15) is 0 Å². The molecular formula is C22H17F2NO2S2. The number of rotatable bonds is 7. The molecule has 0 aliphatic heterocycles. The smallest absolute Gasteiger partial charge is 0.186 e. The predicted molar refractivity (Wildman–Crippen MR) is 115 cm³/mol. The lowest BCUT2D eigenvalue weighted by Gasteiger charge is -2.08. The van der Waals surface area contributed by atoms with Crippen molar-refractivity contribution in [3.63, 3.8) is 0 Å². The van der Waals surface area contributed by atoms with E-state index in [0.717, 1.165) is 28.4 Å². The Hall–Kier alpha value is -2.64. The number of nitrogens with one attached hydrogen (secondary N) is 1. The van der Waals surface area contributed by atoms with E-state index in [1.165, 1.54) is 31.0 Å². The van der Waals surface area contributed by atoms with E-state index in [0.29, 0.717) is 16.7 Å². The molecule has 148 valence electrons. The quantitative estimate of drug-likeness (QED) is 0.357. The summed E-state index contributed by atoms with van der Waals surface area (Å²) in [5.41, 5.74) is 2.38. The normalized spacial score (nSPS) is 10.6. The average Bonchev–Trinajstić information content (AvgIpc) is 2.71. The van der Waals surface area contributed by atoms with Crippen LogP contribution in [0.5, 0.6) is 0 Å². The van der Waals surface area contributed by atoms with Gasteiger partial charge in [-0.15, -0.1) is 0 Å². The van der Waals surface area contributed by atoms with Crippen LogP contribution in [0.25, 0.3) is 11.1 Å². The number of hydrogen-bond acceptors (Lipinski definition) is 5. The van der Waals surface area contributed by atoms with Crippen LogP contribution in [0.3, 0.4) is 0 Å². The number of hydrogen-bond donors (Lipinski definition) is 1. The monoisotopic (exact) mass is 429 g/mol. The highest BCUT2D eigenvalue weighted by molar-refractivity contribution is 8.14. The van der Waals surface area contributed by atoms with Crippen molar-refractivity contribution in [2.45, 2.75) is 11.8 Å². The standard InChI is InChI=1S/C22H17F2NO2S2/c1-14(26)28-13-22(27)16-4-9-19(10-5-16)29-25-18-7-2-15(3-8-18)20-11-6-17(23)12-21(20)24/h2-12,25H,13H2,1H3. The van der Waals surface area contributed by atoms with Crippen LogP contribution in [0.15, 0.2) is 71.6 Å². The van der Waals surface area contributed by atoms with Crippen LogP contribution in [0.2, 0.25) is 0 Å². The van der Waals surface area contributed by atoms with Crippen LogP contribution >= 0.6 is 23.7 Å². The lowest BCUT2D eigenvalue weighted by atomic mass is 10.0. The zero-order valence-electron chi connectivity index (χ0n) is 15.4. The first kappa shape index (κ1) is 21.1. The van der Waals surface area contributed by atoms with Crippen molar-refractivity contribution >= 4 is 40.3 Å². The molecule has 0 heterocycles. The first-order valence-corrected chi connectivity index (χ1v) is 10.5. The topological polar surface area (TPSA) is 46.2 Å². The van der Waals surface area contributed by atoms with E-state index in [4.69, 9.17) is 0 Å². The fourth-order valence-corrected chi connectivity index (χ4v) is 3.66. The largest absolute Gasteiger partial charge is 0.326 e. The van der Waals surface area contributed by atoms with Gasteiger partial charge in [0.2, 0.25) is 0 Å². The van der Waals surface area contributed by atoms with Crippen molar-refractivity contribution in [3.8, 4) is 11.1 Å². The van der Waals surface area contributed by atoms with Crippen LogP contribution in [0, 0.1) is 11.6 Å². The van der Waals surface area contributed by atoms with Gasteiger partial charge in [0.25, 0.3) is 0 Å². The van der Waals surface area contributed by atoms with Gasteiger partial charge in [-0.1, -0.05) is 36.0 Å². The van der Waals surface area contributed by atoms with Crippen LogP contribution in [-0.2, 0) is 4.79 Å². The Morgan fingerprint density at radius 2 is 1.62 bits per heavy atom. The zero-order valence-corrected chi connectivity index (χ0v) is 17.1. The summed E-state index contributed by atoms with van der Waals surface area (Å²) < 4.78 is 30.1. The molecule has 0 fully saturated rings. The highest BCUT2D eigenvalue weighted by atomic mass is 32.2. The number of carbonyl (C=O) groups is 2. The molecule has 0 saturated heterocycles. The zero-order chi connectivity index (χ0) is 20.8. The van der Waals surface area contributed by atoms with E-state index in [1.54, 1.807) is 24.3 Å². The first-order valence-electron chi connectivity index (χ1n) is 8.67. The maximum absolute atomic E-state index is 13.9. The molecule has 0 bridgehead atoms. The second-order valence-electron chi connectivity index (χ2n) is 6.13. The highest BCUT2D eigenvalue weighted by Crippen LogP contribution is 2.27. The third-order valence-electron chi connectivity index (χ3n) is 4.00. The Morgan fingerprint density at radius 3 is 2.24 bits per heavy atom. The van der Waals surface area contributed by atoms with Gasteiger partial charge in [0.1, 0.15) is 11.6 Å². The molecule has 0 aliphatic rings. The van der Waals surface area contributed by atoms with Gasteiger partial charge in [-0.05, 0) is 53.9 Å². The molecule has 1 N–H and O–H groups in total. The van der Waals surface area contributed by atoms with Crippen LogP contribution < -0.4 is 4.72 Å². The van der Waals surface area contributed by atoms with E-state index >= 15 is 0 Å². The SMILES string of the molecule is CC(=O)SCC(=O)c1ccc(SNc2ccc(-c3ccc(F)cc3F)cc2)cc1. The van der Waals surface area contributed by atoms with Crippen molar-refractivity contribution in [3.05, 3.63) is 83.9 Å². The van der Waals surface area contributed by atoms with Gasteiger partial charge in [-0.3, -0.25) is 9.59 Å². The molecule has 0 aliphatic carbocycles. The van der Waals surface area contributed by atoms with E-state index < -0.39 is 11.6 Å². The van der Waals surface area contributed by atoms with E-state index in [9.17, 15) is 18.4 Å². The van der Waals surface area contributed by atoms with Crippen molar-refractivity contribution in [1.82, 2.24) is 0 Å². The molecule has 29 heavy (non-hydrogen) atoms. The minimum absolute atomic E-state index is 0.0806. The summed E-state index contributed by atoms with van der Waals surface area (Å²) in [5.74, 6) is -1.15. The minimum Gasteiger partial charge on any atom is -0.326 e. The number of thioether (sulfide) groups is 1. The molecular weight excluding hydrogens is 412 g/mol. The van der Waals surface area contributed by atoms with Crippen molar-refractivity contribution in [2.24, 2.45) is 0 Å². The number of anilines is 1. The molecule has 0 unspecified atom stereocenters. The summed E-state index contributed by atoms with van der Waals surface area (Å²) in [5, 5.41) is -0.0806. The third kappa shape index (κ3) is 5.92. The van der Waals surface area contributed by atoms with Crippen LogP contribution in [0.4, 0.5) is 14.5 Å². The van der Waals surface area contributed by atoms with Gasteiger partial charge in [0.05, 0.1) is 5.75 Å². The maximum Gasteiger partial charge on any atom is 0.186 e. The second kappa shape index (κ2) is 9.71. The Labute approximate surface area is 176 Å². The average molecular weight is 430 g/mol. The molecule has 3 aromatic rings. The second-order valence-corrected chi connectivity index (χ2v) is 8.17. The maximum atomic E-state index is 13.9. The summed E-state index contributed by atoms with van der Waals surface area (Å²) in [6.45, 7) is 1.44. The van der Waals surface area contributed by atoms with Crippen LogP contribution in [-0.4, -0.2) is 16.7 Å². The van der Waals surface area contributed by atoms with Crippen LogP contribution in [0.1, 0.15) is 17.3 Å². The first-order chi connectivity index (χ1) is 13.9. The molecule has 0 atom stereocenters. The Morgan fingerprint density at radius 1 is 0.931 bits per heavy atom. The number of benzene rings is 3. The fourth-order valence-electron chi connectivity index (χ4n) is 2.52. The number of halogens is 2. The molecule has 3 aromatic carbocycles. The molecule has 0 aromatic heterocycles. The lowest BCUT2D eigenvalue weighted by molar-refractivity contribution is -0.109. The molecule has 0 saturated carbocycles. The van der Waals surface area contributed by atoms with Gasteiger partial charge < -0.3 is 4.72 Å². The lowest BCUT2D eigenvalue weighted by Crippen LogP contribution is -2.03. The molecule has 0 amide bonds. The summed E-state index contributed by atoms with van der Waals surface area (Å²) in [4.78, 5) is 23.9. The van der Waals surface area contributed by atoms with Crippen molar-refractivity contribution in [2.75, 3.05) is 10.5 Å². The van der Waals surface area contributed by atoms with Crippen molar-refractivity contribution in [1.29, 1.82) is 0 Å². The molecule has 3 nitrogen and oxygen atoms in total. The third-order valence-corrected chi connectivity index (χ3v) is 5.66. The Balaban J connectivity index is 1.58. The molecule has 0 spiro atoms. The van der Waals surface area contributed by atoms with Gasteiger partial charge in [0, 0.05) is 34.7 Å². The summed E-state index contributed by atoms with van der Waals surface area (Å²) in [6.07, 6.45) is 0. The molecule has 7 heteroatoms. The van der Waals surface area contributed by atoms with Gasteiger partial charge in [-0.25, -0.2) is 8.78 Å². The van der Waals surface area contributed by atoms with E-state index in [2.05, 4.69) is 4.72 Å². The summed E-state index contributed by atoms with van der Waals surface area (Å²) >= 11 is 2.37. The van der Waals surface area contributed by atoms with Gasteiger partial charge >= 0.3 is 0 Å². The molecule has 0 radical (unpaired) electrons. The number of ketones is 1. The summed E-state index contributed by atoms with van der Waals surface area (Å²) in [6, 6.07) is 17.8. The van der Waals surface area contributed by atoms with Crippen molar-refractivity contribution < 1.29 is 18.4 Å². The Kier molecular flexibility index (Phi) is 7.06. The summed E-state index contributed by atoms with van der Waals surface area (Å²) in [7, 11) is 0. The fraction of sp³-hybridized carbons (Fsp3) is 0.0909. The van der Waals surface area contributed by atoms with E-state index in [-0.39, 0.29) is 16.7 Å². The number of Topliss-reactive ketones (excluding diaryl/α,β-unsaturated/α-hetero) is 1. The Bertz CT molecular complexity index is 1020. The van der Waals surface area contributed by atoms with Gasteiger partial charge in [0.15, 0.2) is 10.9 Å². The highest BCUT2D eigenvalue weighted by Gasteiger charge is 2.08.